The van der Waals surface area contributed by atoms with Crippen molar-refractivity contribution in [1.29, 1.82) is 0 Å². The first kappa shape index (κ1) is 22.4. The van der Waals surface area contributed by atoms with Crippen LogP contribution in [0.2, 0.25) is 10.3 Å². The maximum Gasteiger partial charge on any atom is 0.514 e. The number of nitro benzene ring substituents is 1. The smallest absolute Gasteiger partial charge is 0.420 e. The number of nitro groups is 1. The lowest BCUT2D eigenvalue weighted by molar-refractivity contribution is -0.384. The largest absolute Gasteiger partial charge is 0.514 e. The van der Waals surface area contributed by atoms with E-state index in [0.717, 1.165) is 0 Å². The van der Waals surface area contributed by atoms with E-state index in [1.807, 2.05) is 0 Å². The number of nitrogens with zero attached hydrogens (tertiary/aromatic N) is 4. The quantitative estimate of drug-likeness (QED) is 0.154. The number of hydrogen-bond donors (Lipinski definition) is 0. The lowest BCUT2D eigenvalue weighted by Gasteiger charge is -2.26. The minimum atomic E-state index is -1.04. The summed E-state index contributed by atoms with van der Waals surface area (Å²) in [6.07, 6.45) is -1.99. The van der Waals surface area contributed by atoms with Gasteiger partial charge in [0.05, 0.1) is 4.92 Å². The minimum absolute atomic E-state index is 0.0345. The van der Waals surface area contributed by atoms with Gasteiger partial charge >= 0.3 is 6.16 Å². The van der Waals surface area contributed by atoms with Crippen molar-refractivity contribution in [1.82, 2.24) is 15.2 Å². The van der Waals surface area contributed by atoms with E-state index in [4.69, 9.17) is 37.1 Å². The molecular formula is C19H16Cl2N4O6. The normalized spacial score (nSPS) is 12.3. The summed E-state index contributed by atoms with van der Waals surface area (Å²) >= 11 is 11.8. The second-order valence-corrected chi connectivity index (χ2v) is 8.19. The van der Waals surface area contributed by atoms with Crippen molar-refractivity contribution in [2.75, 3.05) is 0 Å². The first-order valence-corrected chi connectivity index (χ1v) is 9.58. The lowest BCUT2D eigenvalue weighted by Crippen LogP contribution is -2.26. The van der Waals surface area contributed by atoms with Crippen LogP contribution < -0.4 is 4.74 Å². The Bertz CT molecular complexity index is 1090. The number of non-ortho nitro benzene ring substituents is 1. The van der Waals surface area contributed by atoms with Gasteiger partial charge in [0.1, 0.15) is 16.1 Å². The van der Waals surface area contributed by atoms with Crippen molar-refractivity contribution >= 4 is 35.0 Å². The monoisotopic (exact) mass is 466 g/mol. The first-order valence-electron chi connectivity index (χ1n) is 8.83. The summed E-state index contributed by atoms with van der Waals surface area (Å²) in [7, 11) is 0. The number of halogens is 2. The van der Waals surface area contributed by atoms with Crippen LogP contribution in [0.4, 0.5) is 10.5 Å². The Morgan fingerprint density at radius 1 is 1.13 bits per heavy atom. The molecule has 12 heteroatoms. The standard InChI is InChI=1S/C19H16Cl2N4O6/c1-19(2,3)15(30-18(26)29-12-6-4-11(5-7-12)25(27)28)17-24-23-16(31-17)10-8-13(20)22-14(21)9-10/h4-9,15H,1-3H3. The molecule has 3 rings (SSSR count). The van der Waals surface area contributed by atoms with Crippen molar-refractivity contribution in [2.24, 2.45) is 5.41 Å². The van der Waals surface area contributed by atoms with Gasteiger partial charge in [-0.3, -0.25) is 10.1 Å². The topological polar surface area (TPSA) is 130 Å². The average molecular weight is 467 g/mol. The number of aromatic nitrogens is 3. The zero-order valence-electron chi connectivity index (χ0n) is 16.5. The highest BCUT2D eigenvalue weighted by atomic mass is 35.5. The molecule has 0 saturated carbocycles. The zero-order chi connectivity index (χ0) is 22.8. The third-order valence-corrected chi connectivity index (χ3v) is 4.31. The second-order valence-electron chi connectivity index (χ2n) is 7.41. The van der Waals surface area contributed by atoms with E-state index in [-0.39, 0.29) is 33.5 Å². The van der Waals surface area contributed by atoms with E-state index in [0.29, 0.717) is 5.56 Å². The Labute approximate surface area is 186 Å². The molecule has 2 aromatic heterocycles. The van der Waals surface area contributed by atoms with E-state index in [1.165, 1.54) is 36.4 Å². The third kappa shape index (κ3) is 5.68. The summed E-state index contributed by atoms with van der Waals surface area (Å²) < 4.78 is 16.2. The highest BCUT2D eigenvalue weighted by Crippen LogP contribution is 2.37. The molecule has 1 atom stereocenters. The van der Waals surface area contributed by atoms with Crippen LogP contribution in [0.3, 0.4) is 0 Å². The highest BCUT2D eigenvalue weighted by Gasteiger charge is 2.36. The molecule has 0 spiro atoms. The van der Waals surface area contributed by atoms with Crippen molar-refractivity contribution in [3.8, 4) is 17.2 Å². The van der Waals surface area contributed by atoms with Gasteiger partial charge < -0.3 is 13.9 Å². The van der Waals surface area contributed by atoms with E-state index < -0.39 is 22.6 Å². The fourth-order valence-electron chi connectivity index (χ4n) is 2.50. The molecule has 3 aromatic rings. The van der Waals surface area contributed by atoms with Crippen molar-refractivity contribution in [2.45, 2.75) is 26.9 Å². The number of carbonyl (C=O) groups excluding carboxylic acids is 1. The molecule has 1 unspecified atom stereocenters. The first-order chi connectivity index (χ1) is 14.5. The van der Waals surface area contributed by atoms with Crippen LogP contribution in [0.5, 0.6) is 5.75 Å². The van der Waals surface area contributed by atoms with E-state index in [9.17, 15) is 14.9 Å². The van der Waals surface area contributed by atoms with Crippen molar-refractivity contribution in [3.05, 3.63) is 62.7 Å². The molecule has 0 aliphatic heterocycles. The Morgan fingerprint density at radius 2 is 1.74 bits per heavy atom. The van der Waals surface area contributed by atoms with Gasteiger partial charge in [0.2, 0.25) is 5.89 Å². The number of pyridine rings is 1. The Hall–Kier alpha value is -3.24. The molecule has 0 bridgehead atoms. The molecule has 1 aromatic carbocycles. The predicted octanol–water partition coefficient (Wildman–Crippen LogP) is 5.65. The maximum absolute atomic E-state index is 12.3. The highest BCUT2D eigenvalue weighted by molar-refractivity contribution is 6.32. The van der Waals surface area contributed by atoms with Gasteiger partial charge in [-0.05, 0) is 24.3 Å². The molecular weight excluding hydrogens is 451 g/mol. The summed E-state index contributed by atoms with van der Waals surface area (Å²) in [6.45, 7) is 5.42. The van der Waals surface area contributed by atoms with E-state index in [1.54, 1.807) is 20.8 Å². The summed E-state index contributed by atoms with van der Waals surface area (Å²) in [5.41, 5.74) is -0.320. The van der Waals surface area contributed by atoms with Gasteiger partial charge in [-0.1, -0.05) is 44.0 Å². The van der Waals surface area contributed by atoms with Crippen LogP contribution in [0.1, 0.15) is 32.8 Å². The van der Waals surface area contributed by atoms with Crippen molar-refractivity contribution in [3.63, 3.8) is 0 Å². The number of ether oxygens (including phenoxy) is 2. The maximum atomic E-state index is 12.3. The molecule has 0 saturated heterocycles. The van der Waals surface area contributed by atoms with Gasteiger partial charge in [0, 0.05) is 23.1 Å². The Kier molecular flexibility index (Phi) is 6.42. The molecule has 31 heavy (non-hydrogen) atoms. The van der Waals surface area contributed by atoms with Crippen LogP contribution in [0.15, 0.2) is 40.8 Å². The third-order valence-electron chi connectivity index (χ3n) is 3.92. The van der Waals surface area contributed by atoms with Gasteiger partial charge in [-0.2, -0.15) is 0 Å². The summed E-state index contributed by atoms with van der Waals surface area (Å²) in [5.74, 6) is 0.227. The van der Waals surface area contributed by atoms with Gasteiger partial charge in [0.15, 0.2) is 6.10 Å². The lowest BCUT2D eigenvalue weighted by atomic mass is 9.89. The molecule has 0 aliphatic carbocycles. The summed E-state index contributed by atoms with van der Waals surface area (Å²) in [6, 6.07) is 7.99. The molecule has 0 aliphatic rings. The van der Waals surface area contributed by atoms with Gasteiger partial charge in [0.25, 0.3) is 11.6 Å². The van der Waals surface area contributed by atoms with Gasteiger partial charge in [-0.15, -0.1) is 10.2 Å². The minimum Gasteiger partial charge on any atom is -0.420 e. The fourth-order valence-corrected chi connectivity index (χ4v) is 2.96. The molecule has 2 heterocycles. The molecule has 0 radical (unpaired) electrons. The van der Waals surface area contributed by atoms with E-state index >= 15 is 0 Å². The second kappa shape index (κ2) is 8.86. The SMILES string of the molecule is CC(C)(C)C(OC(=O)Oc1ccc([N+](=O)[O-])cc1)c1nnc(-c2cc(Cl)nc(Cl)c2)o1. The van der Waals surface area contributed by atoms with Crippen LogP contribution in [0.25, 0.3) is 11.5 Å². The molecule has 162 valence electrons. The summed E-state index contributed by atoms with van der Waals surface area (Å²) in [4.78, 5) is 26.3. The number of rotatable bonds is 5. The van der Waals surface area contributed by atoms with Crippen LogP contribution in [-0.2, 0) is 4.74 Å². The Balaban J connectivity index is 1.79. The molecule has 10 nitrogen and oxygen atoms in total. The average Bonchev–Trinajstić information content (AvgIpc) is 3.14. The van der Waals surface area contributed by atoms with Crippen LogP contribution in [0, 0.1) is 15.5 Å². The predicted molar refractivity (Wildman–Crippen MR) is 110 cm³/mol. The van der Waals surface area contributed by atoms with Crippen LogP contribution >= 0.6 is 23.2 Å². The molecule has 0 amide bonds. The summed E-state index contributed by atoms with van der Waals surface area (Å²) in [5, 5.41) is 19.0. The van der Waals surface area contributed by atoms with Crippen LogP contribution in [-0.4, -0.2) is 26.3 Å². The van der Waals surface area contributed by atoms with Crippen molar-refractivity contribution < 1.29 is 23.6 Å². The number of benzene rings is 1. The Morgan fingerprint density at radius 3 is 2.29 bits per heavy atom. The number of carbonyl (C=O) groups is 1. The van der Waals surface area contributed by atoms with Gasteiger partial charge in [-0.25, -0.2) is 9.78 Å². The van der Waals surface area contributed by atoms with E-state index in [2.05, 4.69) is 15.2 Å². The zero-order valence-corrected chi connectivity index (χ0v) is 18.0. The number of hydrogen-bond acceptors (Lipinski definition) is 9. The fraction of sp³-hybridized carbons (Fsp3) is 0.263. The molecule has 0 N–H and O–H groups in total. The molecule has 0 fully saturated rings.